The fraction of sp³-hybridized carbons (Fsp3) is 0.542. The van der Waals surface area contributed by atoms with E-state index < -0.39 is 60.2 Å². The quantitative estimate of drug-likeness (QED) is 0.223. The first kappa shape index (κ1) is 28.6. The highest BCUT2D eigenvalue weighted by molar-refractivity contribution is 5.95. The molecule has 0 radical (unpaired) electrons. The predicted octanol–water partition coefficient (Wildman–Crippen LogP) is -0.172. The number of phenolic OH excluding ortho intramolecular Hbond substituents is 1. The lowest BCUT2D eigenvalue weighted by Crippen LogP contribution is -2.57. The molecule has 12 nitrogen and oxygen atoms in total. The number of benzene rings is 1. The molecule has 1 aliphatic heterocycles. The number of nitrogens with zero attached hydrogens (tertiary/aromatic N) is 1. The van der Waals surface area contributed by atoms with Crippen molar-refractivity contribution >= 4 is 29.7 Å². The predicted molar refractivity (Wildman–Crippen MR) is 128 cm³/mol. The molecule has 2 rings (SSSR count). The smallest absolute Gasteiger partial charge is 0.326 e. The topological polar surface area (TPSA) is 199 Å². The van der Waals surface area contributed by atoms with Crippen molar-refractivity contribution in [3.8, 4) is 5.75 Å². The number of carbonyl (C=O) groups excluding carboxylic acids is 3. The van der Waals surface area contributed by atoms with E-state index in [1.165, 1.54) is 17.0 Å². The number of carbonyl (C=O) groups is 5. The number of carboxylic acids is 2. The molecule has 0 spiro atoms. The third-order valence-corrected chi connectivity index (χ3v) is 5.88. The van der Waals surface area contributed by atoms with Crippen LogP contribution in [-0.4, -0.2) is 80.6 Å². The summed E-state index contributed by atoms with van der Waals surface area (Å²) >= 11 is 0. The number of nitrogens with two attached hydrogens (primary N) is 1. The summed E-state index contributed by atoms with van der Waals surface area (Å²) in [6, 6.07) is 1.40. The highest BCUT2D eigenvalue weighted by Gasteiger charge is 2.39. The fourth-order valence-corrected chi connectivity index (χ4v) is 4.09. The first-order valence-electron chi connectivity index (χ1n) is 11.8. The zero-order valence-corrected chi connectivity index (χ0v) is 20.3. The molecule has 0 aliphatic carbocycles. The van der Waals surface area contributed by atoms with Crippen LogP contribution in [-0.2, 0) is 30.4 Å². The van der Waals surface area contributed by atoms with E-state index in [0.29, 0.717) is 18.4 Å². The molecular weight excluding hydrogens is 472 g/mol. The first-order chi connectivity index (χ1) is 16.9. The number of aromatic hydroxyl groups is 1. The van der Waals surface area contributed by atoms with E-state index in [4.69, 9.17) is 10.8 Å². The first-order valence-corrected chi connectivity index (χ1v) is 11.8. The van der Waals surface area contributed by atoms with Crippen LogP contribution < -0.4 is 16.4 Å². The summed E-state index contributed by atoms with van der Waals surface area (Å²) in [5.74, 6) is -4.41. The molecule has 0 aromatic heterocycles. The van der Waals surface area contributed by atoms with Gasteiger partial charge in [-0.05, 0) is 42.9 Å². The van der Waals surface area contributed by atoms with Crippen LogP contribution in [0.2, 0.25) is 0 Å². The average Bonchev–Trinajstić information content (AvgIpc) is 3.28. The monoisotopic (exact) mass is 506 g/mol. The summed E-state index contributed by atoms with van der Waals surface area (Å²) < 4.78 is 0. The number of likely N-dealkylation sites (tertiary alicyclic amines) is 1. The van der Waals surface area contributed by atoms with Crippen molar-refractivity contribution in [2.75, 3.05) is 6.54 Å². The van der Waals surface area contributed by atoms with Crippen LogP contribution in [0.3, 0.4) is 0 Å². The lowest BCUT2D eigenvalue weighted by Gasteiger charge is -2.30. The van der Waals surface area contributed by atoms with Crippen LogP contribution in [0.25, 0.3) is 0 Å². The number of hydrogen-bond acceptors (Lipinski definition) is 7. The van der Waals surface area contributed by atoms with Crippen molar-refractivity contribution in [3.63, 3.8) is 0 Å². The van der Waals surface area contributed by atoms with E-state index >= 15 is 0 Å². The van der Waals surface area contributed by atoms with Crippen molar-refractivity contribution in [2.24, 2.45) is 11.7 Å². The van der Waals surface area contributed by atoms with Gasteiger partial charge in [0, 0.05) is 13.0 Å². The molecule has 3 amide bonds. The lowest BCUT2D eigenvalue weighted by molar-refractivity contribution is -0.145. The molecule has 0 bridgehead atoms. The maximum Gasteiger partial charge on any atom is 0.326 e. The van der Waals surface area contributed by atoms with E-state index in [9.17, 15) is 34.2 Å². The van der Waals surface area contributed by atoms with Gasteiger partial charge in [-0.25, -0.2) is 4.79 Å². The van der Waals surface area contributed by atoms with Crippen LogP contribution in [0.5, 0.6) is 5.75 Å². The second-order valence-corrected chi connectivity index (χ2v) is 9.35. The second-order valence-electron chi connectivity index (χ2n) is 9.35. The van der Waals surface area contributed by atoms with Gasteiger partial charge in [-0.15, -0.1) is 0 Å². The van der Waals surface area contributed by atoms with Crippen LogP contribution in [0.1, 0.15) is 45.1 Å². The Morgan fingerprint density at radius 2 is 1.69 bits per heavy atom. The van der Waals surface area contributed by atoms with Gasteiger partial charge in [-0.1, -0.05) is 26.0 Å². The minimum absolute atomic E-state index is 0.000580. The molecule has 1 aliphatic rings. The van der Waals surface area contributed by atoms with E-state index in [1.54, 1.807) is 12.1 Å². The second kappa shape index (κ2) is 12.9. The zero-order valence-electron chi connectivity index (χ0n) is 20.3. The molecule has 1 saturated heterocycles. The lowest BCUT2D eigenvalue weighted by atomic mass is 10.0. The van der Waals surface area contributed by atoms with E-state index in [0.717, 1.165) is 0 Å². The Labute approximate surface area is 208 Å². The van der Waals surface area contributed by atoms with Crippen molar-refractivity contribution < 1.29 is 39.3 Å². The fourth-order valence-electron chi connectivity index (χ4n) is 4.09. The van der Waals surface area contributed by atoms with Crippen molar-refractivity contribution in [2.45, 2.75) is 70.1 Å². The van der Waals surface area contributed by atoms with Crippen LogP contribution in [0, 0.1) is 5.92 Å². The van der Waals surface area contributed by atoms with Gasteiger partial charge < -0.3 is 36.6 Å². The van der Waals surface area contributed by atoms with Gasteiger partial charge in [0.15, 0.2) is 0 Å². The molecule has 36 heavy (non-hydrogen) atoms. The Balaban J connectivity index is 2.23. The van der Waals surface area contributed by atoms with Gasteiger partial charge in [-0.2, -0.15) is 0 Å². The number of amides is 3. The molecule has 1 aromatic rings. The molecule has 198 valence electrons. The average molecular weight is 507 g/mol. The van der Waals surface area contributed by atoms with E-state index in [1.807, 2.05) is 13.8 Å². The number of hydrogen-bond donors (Lipinski definition) is 6. The summed E-state index contributed by atoms with van der Waals surface area (Å²) in [7, 11) is 0. The summed E-state index contributed by atoms with van der Waals surface area (Å²) in [4.78, 5) is 62.8. The molecule has 1 fully saturated rings. The number of aliphatic carboxylic acids is 2. The van der Waals surface area contributed by atoms with Gasteiger partial charge in [0.1, 0.15) is 23.9 Å². The van der Waals surface area contributed by atoms with Crippen molar-refractivity contribution in [3.05, 3.63) is 29.8 Å². The van der Waals surface area contributed by atoms with Gasteiger partial charge >= 0.3 is 11.9 Å². The van der Waals surface area contributed by atoms with E-state index in [-0.39, 0.29) is 31.1 Å². The normalized spacial score (nSPS) is 17.8. The third kappa shape index (κ3) is 8.22. The number of phenols is 1. The van der Waals surface area contributed by atoms with Crippen molar-refractivity contribution in [1.29, 1.82) is 0 Å². The van der Waals surface area contributed by atoms with Crippen LogP contribution >= 0.6 is 0 Å². The third-order valence-electron chi connectivity index (χ3n) is 5.88. The molecule has 4 atom stereocenters. The maximum atomic E-state index is 13.5. The Bertz CT molecular complexity index is 965. The number of carboxylic acid groups (broad SMARTS) is 2. The molecule has 0 saturated carbocycles. The van der Waals surface area contributed by atoms with Gasteiger partial charge in [0.05, 0.1) is 12.5 Å². The van der Waals surface area contributed by atoms with E-state index in [2.05, 4.69) is 10.6 Å². The molecule has 12 heteroatoms. The summed E-state index contributed by atoms with van der Waals surface area (Å²) in [6.07, 6.45) is 0.421. The summed E-state index contributed by atoms with van der Waals surface area (Å²) in [6.45, 7) is 3.89. The Morgan fingerprint density at radius 1 is 1.06 bits per heavy atom. The summed E-state index contributed by atoms with van der Waals surface area (Å²) in [5, 5.41) is 32.9. The number of rotatable bonds is 12. The molecule has 4 unspecified atom stereocenters. The largest absolute Gasteiger partial charge is 0.508 e. The van der Waals surface area contributed by atoms with Gasteiger partial charge in [-0.3, -0.25) is 19.2 Å². The number of nitrogens with one attached hydrogen (secondary N) is 2. The Hall–Kier alpha value is -3.67. The zero-order chi connectivity index (χ0) is 27.0. The SMILES string of the molecule is CC(C)CC(NC(=O)C1CCCN1C(=O)C(Cc1ccc(O)cc1)NC(=O)C(N)CC(=O)O)C(=O)O. The summed E-state index contributed by atoms with van der Waals surface area (Å²) in [5.41, 5.74) is 6.26. The Kier molecular flexibility index (Phi) is 10.2. The highest BCUT2D eigenvalue weighted by atomic mass is 16.4. The Morgan fingerprint density at radius 3 is 2.25 bits per heavy atom. The van der Waals surface area contributed by atoms with Gasteiger partial charge in [0.25, 0.3) is 0 Å². The molecular formula is C24H34N4O8. The standard InChI is InChI=1S/C24H34N4O8/c1-13(2)10-18(24(35)36)27-22(33)19-4-3-9-28(19)23(34)17(11-14-5-7-15(29)8-6-14)26-21(32)16(25)12-20(30)31/h5-8,13,16-19,29H,3-4,9-12,25H2,1-2H3,(H,26,32)(H,27,33)(H,30,31)(H,35,36). The maximum absolute atomic E-state index is 13.5. The van der Waals surface area contributed by atoms with Crippen LogP contribution in [0.4, 0.5) is 0 Å². The molecule has 1 aromatic carbocycles. The van der Waals surface area contributed by atoms with Crippen molar-refractivity contribution in [1.82, 2.24) is 15.5 Å². The minimum atomic E-state index is -1.39. The van der Waals surface area contributed by atoms with Crippen LogP contribution in [0.15, 0.2) is 24.3 Å². The minimum Gasteiger partial charge on any atom is -0.508 e. The molecule has 7 N–H and O–H groups in total. The molecule has 1 heterocycles. The highest BCUT2D eigenvalue weighted by Crippen LogP contribution is 2.21. The van der Waals surface area contributed by atoms with Gasteiger partial charge in [0.2, 0.25) is 17.7 Å².